The van der Waals surface area contributed by atoms with Crippen LogP contribution in [0.1, 0.15) is 44.1 Å². The molecular weight excluding hydrogens is 340 g/mol. The average molecular weight is 368 g/mol. The highest BCUT2D eigenvalue weighted by molar-refractivity contribution is 5.71. The van der Waals surface area contributed by atoms with Gasteiger partial charge in [0.2, 0.25) is 0 Å². The van der Waals surface area contributed by atoms with Gasteiger partial charge in [-0.25, -0.2) is 0 Å². The van der Waals surface area contributed by atoms with E-state index in [0.29, 0.717) is 19.6 Å². The molecule has 3 rings (SSSR count). The van der Waals surface area contributed by atoms with Crippen LogP contribution >= 0.6 is 0 Å². The van der Waals surface area contributed by atoms with Crippen LogP contribution in [0.2, 0.25) is 0 Å². The van der Waals surface area contributed by atoms with E-state index in [1.165, 1.54) is 5.56 Å². The molecular formula is C23H28O4. The van der Waals surface area contributed by atoms with Crippen molar-refractivity contribution >= 4 is 5.97 Å². The molecule has 4 nitrogen and oxygen atoms in total. The van der Waals surface area contributed by atoms with Gasteiger partial charge in [-0.2, -0.15) is 0 Å². The Bertz CT molecular complexity index is 681. The fourth-order valence-corrected chi connectivity index (χ4v) is 3.17. The summed E-state index contributed by atoms with van der Waals surface area (Å²) in [6.45, 7) is 1.41. The molecule has 0 radical (unpaired) electrons. The lowest BCUT2D eigenvalue weighted by Gasteiger charge is -2.10. The molecule has 0 aliphatic carbocycles. The number of esters is 1. The highest BCUT2D eigenvalue weighted by Crippen LogP contribution is 2.20. The first-order valence-electron chi connectivity index (χ1n) is 9.89. The molecule has 144 valence electrons. The molecule has 0 saturated carbocycles. The molecule has 1 heterocycles. The van der Waals surface area contributed by atoms with Gasteiger partial charge in [-0.15, -0.1) is 0 Å². The zero-order valence-electron chi connectivity index (χ0n) is 15.8. The van der Waals surface area contributed by atoms with Crippen LogP contribution in [-0.4, -0.2) is 25.3 Å². The number of rotatable bonds is 11. The van der Waals surface area contributed by atoms with Gasteiger partial charge in [-0.3, -0.25) is 4.79 Å². The Morgan fingerprint density at radius 2 is 1.52 bits per heavy atom. The fourth-order valence-electron chi connectivity index (χ4n) is 3.17. The Hall–Kier alpha value is -2.49. The number of hydrogen-bond donors (Lipinski definition) is 0. The molecule has 1 saturated heterocycles. The van der Waals surface area contributed by atoms with Crippen LogP contribution in [0, 0.1) is 0 Å². The zero-order chi connectivity index (χ0) is 18.7. The fraction of sp³-hybridized carbons (Fsp3) is 0.435. The Kier molecular flexibility index (Phi) is 7.57. The molecule has 2 aromatic rings. The predicted molar refractivity (Wildman–Crippen MR) is 105 cm³/mol. The van der Waals surface area contributed by atoms with E-state index in [1.54, 1.807) is 0 Å². The minimum absolute atomic E-state index is 0.0480. The smallest absolute Gasteiger partial charge is 0.306 e. The van der Waals surface area contributed by atoms with Gasteiger partial charge in [0.15, 0.2) is 0 Å². The lowest BCUT2D eigenvalue weighted by atomic mass is 10.0. The molecule has 1 unspecified atom stereocenters. The number of aryl methyl sites for hydroxylation is 1. The third-order valence-electron chi connectivity index (χ3n) is 4.70. The van der Waals surface area contributed by atoms with Gasteiger partial charge in [0.25, 0.3) is 0 Å². The quantitative estimate of drug-likeness (QED) is 0.416. The molecule has 1 aliphatic rings. The van der Waals surface area contributed by atoms with Gasteiger partial charge in [0, 0.05) is 6.42 Å². The summed E-state index contributed by atoms with van der Waals surface area (Å²) in [7, 11) is 0. The standard InChI is InChI=1S/C23H28O4/c24-23-16-15-22(27-23)10-6-7-19-11-13-21(14-12-19)26-18-5-4-17-25-20-8-2-1-3-9-20/h1-3,8-9,11-14,22H,4-7,10,15-18H2. The third kappa shape index (κ3) is 6.97. The first-order chi connectivity index (χ1) is 13.3. The molecule has 27 heavy (non-hydrogen) atoms. The van der Waals surface area contributed by atoms with E-state index in [4.69, 9.17) is 14.2 Å². The summed E-state index contributed by atoms with van der Waals surface area (Å²) in [4.78, 5) is 11.1. The van der Waals surface area contributed by atoms with Crippen molar-refractivity contribution < 1.29 is 19.0 Å². The summed E-state index contributed by atoms with van der Waals surface area (Å²) in [5, 5.41) is 0. The van der Waals surface area contributed by atoms with Crippen molar-refractivity contribution in [3.05, 3.63) is 60.2 Å². The number of benzene rings is 2. The second-order valence-electron chi connectivity index (χ2n) is 6.90. The molecule has 0 amide bonds. The number of unbranched alkanes of at least 4 members (excludes halogenated alkanes) is 1. The predicted octanol–water partition coefficient (Wildman–Crippen LogP) is 4.95. The molecule has 1 fully saturated rings. The molecule has 2 aromatic carbocycles. The summed E-state index contributed by atoms with van der Waals surface area (Å²) in [5.41, 5.74) is 1.29. The number of cyclic esters (lactones) is 1. The van der Waals surface area contributed by atoms with Crippen LogP contribution in [0.5, 0.6) is 11.5 Å². The van der Waals surface area contributed by atoms with E-state index in [9.17, 15) is 4.79 Å². The Balaban J connectivity index is 1.25. The van der Waals surface area contributed by atoms with Crippen LogP contribution in [0.15, 0.2) is 54.6 Å². The minimum Gasteiger partial charge on any atom is -0.494 e. The maximum Gasteiger partial charge on any atom is 0.306 e. The number of para-hydroxylation sites is 1. The molecule has 0 N–H and O–H groups in total. The van der Waals surface area contributed by atoms with Gasteiger partial charge in [-0.1, -0.05) is 30.3 Å². The maximum atomic E-state index is 11.1. The molecule has 0 spiro atoms. The highest BCUT2D eigenvalue weighted by atomic mass is 16.5. The van der Waals surface area contributed by atoms with Crippen LogP contribution in [-0.2, 0) is 16.0 Å². The SMILES string of the molecule is O=C1CCC(CCCc2ccc(OCCCCOc3ccccc3)cc2)O1. The molecule has 0 aromatic heterocycles. The number of ether oxygens (including phenoxy) is 3. The number of carbonyl (C=O) groups is 1. The minimum atomic E-state index is -0.0480. The van der Waals surface area contributed by atoms with Gasteiger partial charge < -0.3 is 14.2 Å². The Morgan fingerprint density at radius 3 is 2.15 bits per heavy atom. The summed E-state index contributed by atoms with van der Waals surface area (Å²) in [6.07, 6.45) is 6.52. The molecule has 4 heteroatoms. The molecule has 0 bridgehead atoms. The van der Waals surface area contributed by atoms with Crippen molar-refractivity contribution in [3.63, 3.8) is 0 Å². The molecule has 1 atom stereocenters. The van der Waals surface area contributed by atoms with E-state index in [2.05, 4.69) is 12.1 Å². The lowest BCUT2D eigenvalue weighted by molar-refractivity contribution is -0.141. The summed E-state index contributed by atoms with van der Waals surface area (Å²) in [6, 6.07) is 18.2. The normalized spacial score (nSPS) is 16.1. The van der Waals surface area contributed by atoms with Crippen molar-refractivity contribution in [3.8, 4) is 11.5 Å². The summed E-state index contributed by atoms with van der Waals surface area (Å²) in [5.74, 6) is 1.78. The Morgan fingerprint density at radius 1 is 0.852 bits per heavy atom. The van der Waals surface area contributed by atoms with Crippen molar-refractivity contribution in [2.24, 2.45) is 0 Å². The van der Waals surface area contributed by atoms with E-state index >= 15 is 0 Å². The van der Waals surface area contributed by atoms with Crippen LogP contribution < -0.4 is 9.47 Å². The lowest BCUT2D eigenvalue weighted by Crippen LogP contribution is -2.06. The monoisotopic (exact) mass is 368 g/mol. The largest absolute Gasteiger partial charge is 0.494 e. The third-order valence-corrected chi connectivity index (χ3v) is 4.70. The van der Waals surface area contributed by atoms with Crippen molar-refractivity contribution in [2.75, 3.05) is 13.2 Å². The molecule has 1 aliphatic heterocycles. The first kappa shape index (κ1) is 19.3. The first-order valence-corrected chi connectivity index (χ1v) is 9.89. The highest BCUT2D eigenvalue weighted by Gasteiger charge is 2.22. The Labute approximate surface area is 161 Å². The summed E-state index contributed by atoms with van der Waals surface area (Å²) < 4.78 is 16.7. The van der Waals surface area contributed by atoms with E-state index in [1.807, 2.05) is 42.5 Å². The van der Waals surface area contributed by atoms with Gasteiger partial charge >= 0.3 is 5.97 Å². The van der Waals surface area contributed by atoms with Crippen molar-refractivity contribution in [1.82, 2.24) is 0 Å². The van der Waals surface area contributed by atoms with Gasteiger partial charge in [-0.05, 0) is 68.4 Å². The van der Waals surface area contributed by atoms with E-state index < -0.39 is 0 Å². The van der Waals surface area contributed by atoms with Crippen molar-refractivity contribution in [2.45, 2.75) is 51.0 Å². The topological polar surface area (TPSA) is 44.8 Å². The van der Waals surface area contributed by atoms with Crippen LogP contribution in [0.3, 0.4) is 0 Å². The average Bonchev–Trinajstić information content (AvgIpc) is 3.11. The number of carbonyl (C=O) groups excluding carboxylic acids is 1. The maximum absolute atomic E-state index is 11.1. The van der Waals surface area contributed by atoms with E-state index in [0.717, 1.165) is 50.0 Å². The number of hydrogen-bond acceptors (Lipinski definition) is 4. The van der Waals surface area contributed by atoms with Gasteiger partial charge in [0.1, 0.15) is 17.6 Å². The van der Waals surface area contributed by atoms with Crippen LogP contribution in [0.25, 0.3) is 0 Å². The zero-order valence-corrected chi connectivity index (χ0v) is 15.8. The second kappa shape index (κ2) is 10.6. The summed E-state index contributed by atoms with van der Waals surface area (Å²) >= 11 is 0. The van der Waals surface area contributed by atoms with Crippen LogP contribution in [0.4, 0.5) is 0 Å². The van der Waals surface area contributed by atoms with Gasteiger partial charge in [0.05, 0.1) is 13.2 Å². The van der Waals surface area contributed by atoms with Crippen molar-refractivity contribution in [1.29, 1.82) is 0 Å². The van der Waals surface area contributed by atoms with E-state index in [-0.39, 0.29) is 12.1 Å². The second-order valence-corrected chi connectivity index (χ2v) is 6.90.